The zero-order valence-corrected chi connectivity index (χ0v) is 14.2. The molecular weight excluding hydrogens is 326 g/mol. The van der Waals surface area contributed by atoms with Crippen molar-refractivity contribution in [2.45, 2.75) is 33.2 Å². The minimum Gasteiger partial charge on any atom is -0.477 e. The Bertz CT molecular complexity index is 390. The summed E-state index contributed by atoms with van der Waals surface area (Å²) in [5, 5.41) is 9.39. The second-order valence-corrected chi connectivity index (χ2v) is 6.37. The Kier molecular flexibility index (Phi) is 9.40. The average Bonchev–Trinajstić information content (AvgIpc) is 2.38. The van der Waals surface area contributed by atoms with E-state index in [1.807, 2.05) is 0 Å². The van der Waals surface area contributed by atoms with E-state index >= 15 is 0 Å². The molecule has 9 nitrogen and oxygen atoms in total. The number of carboxylic acid groups (broad SMARTS) is 1. The van der Waals surface area contributed by atoms with E-state index in [0.29, 0.717) is 0 Å². The number of carbonyl (C=O) groups is 1. The zero-order valence-electron chi connectivity index (χ0n) is 12.4. The van der Waals surface area contributed by atoms with Crippen LogP contribution in [0.25, 0.3) is 0 Å². The van der Waals surface area contributed by atoms with E-state index in [-0.39, 0.29) is 26.4 Å². The molecule has 0 aliphatic rings. The number of rotatable bonds is 12. The minimum absolute atomic E-state index is 0.00456. The van der Waals surface area contributed by atoms with Gasteiger partial charge < -0.3 is 18.9 Å². The smallest absolute Gasteiger partial charge is 0.477 e. The lowest BCUT2D eigenvalue weighted by atomic mass is 10.6. The van der Waals surface area contributed by atoms with Crippen LogP contribution >= 0.6 is 15.9 Å². The fourth-order valence-electron chi connectivity index (χ4n) is 1.35. The average molecular weight is 347 g/mol. The highest BCUT2D eigenvalue weighted by Crippen LogP contribution is 2.63. The number of ether oxygens (including phenoxy) is 1. The van der Waals surface area contributed by atoms with E-state index in [2.05, 4.69) is 4.52 Å². The Hall–Kier alpha value is -0.400. The molecule has 0 bridgehead atoms. The van der Waals surface area contributed by atoms with Gasteiger partial charge in [0.15, 0.2) is 0 Å². The van der Waals surface area contributed by atoms with E-state index in [4.69, 9.17) is 18.3 Å². The molecule has 11 heteroatoms. The van der Waals surface area contributed by atoms with Crippen LogP contribution in [-0.4, -0.2) is 43.0 Å². The predicted molar refractivity (Wildman–Crippen MR) is 73.2 cm³/mol. The topological polar surface area (TPSA) is 118 Å². The van der Waals surface area contributed by atoms with Gasteiger partial charge >= 0.3 is 27.3 Å². The Morgan fingerprint density at radius 2 is 1.62 bits per heavy atom. The fourth-order valence-corrected chi connectivity index (χ4v) is 4.16. The molecule has 0 aromatic carbocycles. The molecule has 1 N–H and O–H groups in total. The third kappa shape index (κ3) is 5.07. The lowest BCUT2D eigenvalue weighted by molar-refractivity contribution is -0.189. The van der Waals surface area contributed by atoms with Crippen LogP contribution in [0.5, 0.6) is 0 Å². The van der Waals surface area contributed by atoms with Crippen LogP contribution in [0.15, 0.2) is 0 Å². The maximum atomic E-state index is 12.7. The van der Waals surface area contributed by atoms with Gasteiger partial charge in [0, 0.05) is 11.2 Å². The van der Waals surface area contributed by atoms with Crippen LogP contribution in [0.3, 0.4) is 0 Å². The molecule has 0 aromatic heterocycles. The summed E-state index contributed by atoms with van der Waals surface area (Å²) in [6.45, 7) is 5.56. The third-order valence-corrected chi connectivity index (χ3v) is 5.35. The quantitative estimate of drug-likeness (QED) is 0.420. The Labute approximate surface area is 124 Å². The molecule has 124 valence electrons. The molecule has 0 saturated heterocycles. The molecule has 0 heterocycles. The van der Waals surface area contributed by atoms with Crippen LogP contribution in [0.2, 0.25) is 0 Å². The van der Waals surface area contributed by atoms with Crippen LogP contribution in [0, 0.1) is 0 Å². The SMILES string of the molecule is CCO[P+](=O)OC(OCC)(C(=O)O)P(=O)(OCC)OCC. The van der Waals surface area contributed by atoms with Crippen molar-refractivity contribution in [3.05, 3.63) is 0 Å². The molecular formula is C10H21O9P2+. The van der Waals surface area contributed by atoms with Crippen molar-refractivity contribution < 1.29 is 41.9 Å². The van der Waals surface area contributed by atoms with Gasteiger partial charge in [-0.15, -0.1) is 4.52 Å². The van der Waals surface area contributed by atoms with Gasteiger partial charge in [0.1, 0.15) is 6.61 Å². The van der Waals surface area contributed by atoms with Gasteiger partial charge in [-0.3, -0.25) is 4.57 Å². The largest absolute Gasteiger partial charge is 0.701 e. The predicted octanol–water partition coefficient (Wildman–Crippen LogP) is 2.74. The summed E-state index contributed by atoms with van der Waals surface area (Å²) in [5.41, 5.74) is -2.85. The van der Waals surface area contributed by atoms with E-state index in [0.717, 1.165) is 0 Å². The molecule has 0 radical (unpaired) electrons. The van der Waals surface area contributed by atoms with Gasteiger partial charge in [-0.2, -0.15) is 0 Å². The molecule has 2 unspecified atom stereocenters. The summed E-state index contributed by atoms with van der Waals surface area (Å²) in [5.74, 6) is -1.78. The lowest BCUT2D eigenvalue weighted by Gasteiger charge is -2.29. The molecule has 0 aromatic rings. The van der Waals surface area contributed by atoms with Gasteiger partial charge in [0.2, 0.25) is 0 Å². The summed E-state index contributed by atoms with van der Waals surface area (Å²) < 4.78 is 48.7. The van der Waals surface area contributed by atoms with Gasteiger partial charge in [0.25, 0.3) is 0 Å². The second-order valence-electron chi connectivity index (χ2n) is 3.39. The summed E-state index contributed by atoms with van der Waals surface area (Å²) in [4.78, 5) is 11.6. The van der Waals surface area contributed by atoms with Crippen molar-refractivity contribution in [1.82, 2.24) is 0 Å². The highest BCUT2D eigenvalue weighted by molar-refractivity contribution is 7.56. The molecule has 0 amide bonds. The first-order chi connectivity index (χ1) is 9.83. The van der Waals surface area contributed by atoms with E-state index in [1.165, 1.54) is 27.7 Å². The fraction of sp³-hybridized carbons (Fsp3) is 0.900. The monoisotopic (exact) mass is 347 g/mol. The molecule has 0 aliphatic carbocycles. The maximum absolute atomic E-state index is 12.7. The van der Waals surface area contributed by atoms with Crippen LogP contribution in [0.4, 0.5) is 0 Å². The summed E-state index contributed by atoms with van der Waals surface area (Å²) in [6.07, 6.45) is 0. The van der Waals surface area contributed by atoms with Crippen LogP contribution in [0.1, 0.15) is 27.7 Å². The first kappa shape index (κ1) is 20.6. The summed E-state index contributed by atoms with van der Waals surface area (Å²) in [6, 6.07) is 0. The molecule has 2 atom stereocenters. The highest BCUT2D eigenvalue weighted by Gasteiger charge is 2.67. The highest BCUT2D eigenvalue weighted by atomic mass is 31.2. The summed E-state index contributed by atoms with van der Waals surface area (Å²) >= 11 is 0. The third-order valence-electron chi connectivity index (χ3n) is 2.00. The Morgan fingerprint density at radius 1 is 1.10 bits per heavy atom. The van der Waals surface area contributed by atoms with E-state index < -0.39 is 27.3 Å². The van der Waals surface area contributed by atoms with Gasteiger partial charge in [-0.1, -0.05) is 4.52 Å². The molecule has 0 spiro atoms. The first-order valence-electron chi connectivity index (χ1n) is 6.39. The molecule has 0 fully saturated rings. The van der Waals surface area contributed by atoms with Crippen molar-refractivity contribution >= 4 is 21.8 Å². The molecule has 0 aliphatic heterocycles. The number of hydrogen-bond acceptors (Lipinski definition) is 8. The summed E-state index contributed by atoms with van der Waals surface area (Å²) in [7, 11) is -7.30. The van der Waals surface area contributed by atoms with Crippen molar-refractivity contribution in [3.63, 3.8) is 0 Å². The minimum atomic E-state index is -4.42. The van der Waals surface area contributed by atoms with Gasteiger partial charge in [0.05, 0.1) is 13.2 Å². The van der Waals surface area contributed by atoms with Crippen molar-refractivity contribution in [3.8, 4) is 0 Å². The first-order valence-corrected chi connectivity index (χ1v) is 9.03. The molecule has 21 heavy (non-hydrogen) atoms. The standard InChI is InChI=1S/C10H20O9P2/c1-5-15-10(9(11)12,19-20(13)16-6-2)21(14,17-7-3)18-8-4/h5-8H2,1-4H3/p+1. The van der Waals surface area contributed by atoms with Crippen molar-refractivity contribution in [2.24, 2.45) is 0 Å². The van der Waals surface area contributed by atoms with Gasteiger partial charge in [-0.05, 0) is 27.7 Å². The van der Waals surface area contributed by atoms with Gasteiger partial charge in [-0.25, -0.2) is 4.79 Å². The van der Waals surface area contributed by atoms with Crippen LogP contribution < -0.4 is 0 Å². The Balaban J connectivity index is 5.77. The Morgan fingerprint density at radius 3 is 1.95 bits per heavy atom. The van der Waals surface area contributed by atoms with E-state index in [9.17, 15) is 19.0 Å². The number of carboxylic acids is 1. The lowest BCUT2D eigenvalue weighted by Crippen LogP contribution is -2.44. The number of hydrogen-bond donors (Lipinski definition) is 1. The number of aliphatic carboxylic acids is 1. The maximum Gasteiger partial charge on any atom is 0.701 e. The molecule has 0 saturated carbocycles. The normalized spacial score (nSPS) is 15.5. The molecule has 0 rings (SSSR count). The van der Waals surface area contributed by atoms with Crippen LogP contribution in [-0.2, 0) is 36.8 Å². The van der Waals surface area contributed by atoms with Crippen molar-refractivity contribution in [2.75, 3.05) is 26.4 Å². The van der Waals surface area contributed by atoms with Crippen molar-refractivity contribution in [1.29, 1.82) is 0 Å². The second kappa shape index (κ2) is 9.58. The zero-order chi connectivity index (χ0) is 16.5. The van der Waals surface area contributed by atoms with E-state index in [1.54, 1.807) is 0 Å².